The quantitative estimate of drug-likeness (QED) is 0.282. The zero-order chi connectivity index (χ0) is 15.5. The lowest BCUT2D eigenvalue weighted by atomic mass is 9.89. The van der Waals surface area contributed by atoms with Crippen LogP contribution in [-0.2, 0) is 14.3 Å². The number of aliphatic hydroxyl groups excluding tert-OH is 4. The topological polar surface area (TPSA) is 163 Å². The van der Waals surface area contributed by atoms with Gasteiger partial charge in [-0.05, 0) is 6.92 Å². The summed E-state index contributed by atoms with van der Waals surface area (Å²) >= 11 is 0. The summed E-state index contributed by atoms with van der Waals surface area (Å²) in [5.74, 6) is -3.59. The molecule has 0 radical (unpaired) electrons. The van der Waals surface area contributed by atoms with Crippen LogP contribution in [0.5, 0.6) is 0 Å². The first kappa shape index (κ1) is 17.2. The Morgan fingerprint density at radius 1 is 1.55 bits per heavy atom. The Bertz CT molecular complexity index is 340. The fourth-order valence-corrected chi connectivity index (χ4v) is 1.99. The third kappa shape index (κ3) is 3.44. The molecule has 118 valence electrons. The van der Waals surface area contributed by atoms with Crippen LogP contribution in [0.2, 0.25) is 0 Å². The van der Waals surface area contributed by atoms with E-state index in [0.29, 0.717) is 0 Å². The van der Waals surface area contributed by atoms with Gasteiger partial charge in [0.15, 0.2) is 0 Å². The van der Waals surface area contributed by atoms with Gasteiger partial charge in [0.1, 0.15) is 18.3 Å². The molecule has 0 aliphatic carbocycles. The Hall–Kier alpha value is -0.810. The minimum absolute atomic E-state index is 0.0147. The summed E-state index contributed by atoms with van der Waals surface area (Å²) in [6, 6.07) is -1.15. The van der Waals surface area contributed by atoms with Gasteiger partial charge in [0, 0.05) is 6.42 Å². The first-order valence-corrected chi connectivity index (χ1v) is 6.25. The van der Waals surface area contributed by atoms with Crippen LogP contribution >= 0.6 is 0 Å². The summed E-state index contributed by atoms with van der Waals surface area (Å²) in [7, 11) is 0. The molecule has 0 bridgehead atoms. The van der Waals surface area contributed by atoms with Crippen LogP contribution in [0.4, 0.5) is 0 Å². The van der Waals surface area contributed by atoms with Crippen molar-refractivity contribution in [1.82, 2.24) is 0 Å². The second kappa shape index (κ2) is 6.76. The largest absolute Gasteiger partial charge is 0.462 e. The van der Waals surface area contributed by atoms with Crippen molar-refractivity contribution in [1.29, 1.82) is 0 Å². The van der Waals surface area contributed by atoms with Gasteiger partial charge < -0.3 is 40.7 Å². The number of hydrogen-bond acceptors (Lipinski definition) is 9. The lowest BCUT2D eigenvalue weighted by molar-refractivity contribution is -0.294. The van der Waals surface area contributed by atoms with Crippen molar-refractivity contribution in [2.45, 2.75) is 49.6 Å². The SMILES string of the molecule is CCOC(=O)[C@]1(O)C[C@H](O)[C@@H](N)[C@H]([C@H](O)[C@H](O)CO)O1. The second-order valence-electron chi connectivity index (χ2n) is 4.68. The maximum atomic E-state index is 11.6. The van der Waals surface area contributed by atoms with Gasteiger partial charge in [0.05, 0.1) is 25.4 Å². The highest BCUT2D eigenvalue weighted by atomic mass is 16.7. The van der Waals surface area contributed by atoms with E-state index in [9.17, 15) is 25.2 Å². The van der Waals surface area contributed by atoms with Crippen LogP contribution in [-0.4, -0.2) is 81.0 Å². The van der Waals surface area contributed by atoms with Gasteiger partial charge in [-0.2, -0.15) is 0 Å². The number of carbonyl (C=O) groups is 1. The predicted octanol–water partition coefficient (Wildman–Crippen LogP) is -3.57. The fraction of sp³-hybridized carbons (Fsp3) is 0.909. The number of carbonyl (C=O) groups excluding carboxylic acids is 1. The maximum Gasteiger partial charge on any atom is 0.366 e. The third-order valence-corrected chi connectivity index (χ3v) is 3.15. The highest BCUT2D eigenvalue weighted by Gasteiger charge is 2.53. The second-order valence-corrected chi connectivity index (χ2v) is 4.68. The molecule has 0 amide bonds. The molecular weight excluding hydrogens is 274 g/mol. The van der Waals surface area contributed by atoms with Crippen molar-refractivity contribution >= 4 is 5.97 Å². The third-order valence-electron chi connectivity index (χ3n) is 3.15. The molecule has 0 spiro atoms. The summed E-state index contributed by atoms with van der Waals surface area (Å²) in [5.41, 5.74) is 5.62. The molecule has 6 atom stereocenters. The Morgan fingerprint density at radius 3 is 2.65 bits per heavy atom. The predicted molar refractivity (Wildman–Crippen MR) is 64.2 cm³/mol. The van der Waals surface area contributed by atoms with E-state index in [2.05, 4.69) is 4.74 Å². The van der Waals surface area contributed by atoms with Crippen LogP contribution in [0.15, 0.2) is 0 Å². The smallest absolute Gasteiger partial charge is 0.366 e. The lowest BCUT2D eigenvalue weighted by Gasteiger charge is -2.43. The molecule has 0 aromatic heterocycles. The molecule has 0 aromatic carbocycles. The van der Waals surface area contributed by atoms with Gasteiger partial charge in [-0.15, -0.1) is 0 Å². The highest BCUT2D eigenvalue weighted by molar-refractivity contribution is 5.77. The van der Waals surface area contributed by atoms with E-state index in [4.69, 9.17) is 15.6 Å². The van der Waals surface area contributed by atoms with Crippen molar-refractivity contribution in [2.24, 2.45) is 5.73 Å². The number of hydrogen-bond donors (Lipinski definition) is 6. The van der Waals surface area contributed by atoms with Crippen molar-refractivity contribution in [3.63, 3.8) is 0 Å². The number of rotatable bonds is 5. The molecule has 9 nitrogen and oxygen atoms in total. The maximum absolute atomic E-state index is 11.6. The van der Waals surface area contributed by atoms with E-state index in [1.54, 1.807) is 0 Å². The summed E-state index contributed by atoms with van der Waals surface area (Å²) in [6.07, 6.45) is -6.61. The zero-order valence-electron chi connectivity index (χ0n) is 11.0. The van der Waals surface area contributed by atoms with Crippen LogP contribution in [0.1, 0.15) is 13.3 Å². The summed E-state index contributed by atoms with van der Waals surface area (Å²) in [4.78, 5) is 11.6. The number of esters is 1. The Labute approximate surface area is 115 Å². The Morgan fingerprint density at radius 2 is 2.15 bits per heavy atom. The lowest BCUT2D eigenvalue weighted by Crippen LogP contribution is -2.65. The van der Waals surface area contributed by atoms with Crippen molar-refractivity contribution < 1.29 is 39.8 Å². The van der Waals surface area contributed by atoms with Crippen LogP contribution in [0.25, 0.3) is 0 Å². The average Bonchev–Trinajstić information content (AvgIpc) is 2.41. The van der Waals surface area contributed by atoms with Crippen LogP contribution in [0, 0.1) is 0 Å². The van der Waals surface area contributed by atoms with Gasteiger partial charge in [-0.1, -0.05) is 0 Å². The highest BCUT2D eigenvalue weighted by Crippen LogP contribution is 2.30. The minimum Gasteiger partial charge on any atom is -0.462 e. The van der Waals surface area contributed by atoms with Crippen LogP contribution in [0.3, 0.4) is 0 Å². The van der Waals surface area contributed by atoms with E-state index in [-0.39, 0.29) is 6.61 Å². The molecule has 1 aliphatic heterocycles. The van der Waals surface area contributed by atoms with Gasteiger partial charge >= 0.3 is 5.97 Å². The van der Waals surface area contributed by atoms with Gasteiger partial charge in [-0.25, -0.2) is 4.79 Å². The Kier molecular flexibility index (Phi) is 5.83. The summed E-state index contributed by atoms with van der Waals surface area (Å²) < 4.78 is 9.65. The first-order valence-electron chi connectivity index (χ1n) is 6.25. The van der Waals surface area contributed by atoms with Crippen molar-refractivity contribution in [3.8, 4) is 0 Å². The van der Waals surface area contributed by atoms with Gasteiger partial charge in [-0.3, -0.25) is 0 Å². The fourth-order valence-electron chi connectivity index (χ4n) is 1.99. The van der Waals surface area contributed by atoms with Crippen molar-refractivity contribution in [2.75, 3.05) is 13.2 Å². The minimum atomic E-state index is -2.47. The van der Waals surface area contributed by atoms with Crippen LogP contribution < -0.4 is 5.73 Å². The summed E-state index contributed by atoms with van der Waals surface area (Å²) in [5, 5.41) is 47.8. The molecule has 1 fully saturated rings. The molecule has 1 heterocycles. The molecule has 9 heteroatoms. The number of aliphatic hydroxyl groups is 5. The monoisotopic (exact) mass is 295 g/mol. The van der Waals surface area contributed by atoms with E-state index in [1.165, 1.54) is 6.92 Å². The normalized spacial score (nSPS) is 37.2. The first-order chi connectivity index (χ1) is 9.26. The molecule has 1 aliphatic rings. The number of ether oxygens (including phenoxy) is 2. The van der Waals surface area contributed by atoms with Crippen molar-refractivity contribution in [3.05, 3.63) is 0 Å². The molecule has 0 unspecified atom stereocenters. The molecule has 0 saturated carbocycles. The standard InChI is InChI=1S/C11H21NO8/c1-2-19-10(17)11(18)3-5(14)7(12)9(20-11)8(16)6(15)4-13/h5-9,13-16,18H,2-4,12H2,1H3/t5-,6+,7+,8+,9+,11-/m0/s1. The van der Waals surface area contributed by atoms with Gasteiger partial charge in [0.2, 0.25) is 0 Å². The molecule has 1 rings (SSSR count). The molecule has 0 aromatic rings. The molecule has 1 saturated heterocycles. The molecule has 20 heavy (non-hydrogen) atoms. The van der Waals surface area contributed by atoms with E-state index < -0.39 is 55.2 Å². The van der Waals surface area contributed by atoms with E-state index in [0.717, 1.165) is 0 Å². The zero-order valence-corrected chi connectivity index (χ0v) is 11.0. The Balaban J connectivity index is 2.92. The number of nitrogens with two attached hydrogens (primary N) is 1. The average molecular weight is 295 g/mol. The van der Waals surface area contributed by atoms with Gasteiger partial charge in [0.25, 0.3) is 5.79 Å². The van der Waals surface area contributed by atoms with E-state index in [1.807, 2.05) is 0 Å². The molecule has 7 N–H and O–H groups in total. The van der Waals surface area contributed by atoms with E-state index >= 15 is 0 Å². The summed E-state index contributed by atoms with van der Waals surface area (Å²) in [6.45, 7) is 0.731. The molecular formula is C11H21NO8.